The van der Waals surface area contributed by atoms with E-state index in [2.05, 4.69) is 10.6 Å². The molecule has 130 valence electrons. The fourth-order valence-corrected chi connectivity index (χ4v) is 2.72. The smallest absolute Gasteiger partial charge is 0.315 e. The molecule has 1 aliphatic rings. The Hall–Kier alpha value is -2.57. The van der Waals surface area contributed by atoms with Gasteiger partial charge in [-0.05, 0) is 18.4 Å². The molecule has 1 saturated heterocycles. The van der Waals surface area contributed by atoms with Crippen molar-refractivity contribution in [2.45, 2.75) is 31.7 Å². The van der Waals surface area contributed by atoms with Crippen molar-refractivity contribution in [3.63, 3.8) is 0 Å². The molecule has 2 rings (SSSR count). The number of hydrogen-bond donors (Lipinski definition) is 3. The van der Waals surface area contributed by atoms with Crippen molar-refractivity contribution in [2.75, 3.05) is 19.6 Å². The molecule has 7 nitrogen and oxygen atoms in total. The number of piperidine rings is 1. The van der Waals surface area contributed by atoms with Crippen LogP contribution in [0.3, 0.4) is 0 Å². The van der Waals surface area contributed by atoms with Crippen molar-refractivity contribution < 1.29 is 19.5 Å². The third-order valence-electron chi connectivity index (χ3n) is 3.93. The zero-order valence-corrected chi connectivity index (χ0v) is 13.5. The standard InChI is InChI=1S/C17H23N3O4/c21-15(11-13-5-2-1-3-6-13)20-10-4-7-14(12-20)19-17(24)18-9-8-16(22)23/h1-3,5-6,14H,4,7-12H2,(H,22,23)(H2,18,19,24). The van der Waals surface area contributed by atoms with Gasteiger partial charge in [-0.15, -0.1) is 0 Å². The first-order valence-corrected chi connectivity index (χ1v) is 8.12. The zero-order valence-electron chi connectivity index (χ0n) is 13.5. The Labute approximate surface area is 141 Å². The Kier molecular flexibility index (Phi) is 6.60. The largest absolute Gasteiger partial charge is 0.481 e. The molecule has 1 fully saturated rings. The maximum atomic E-state index is 12.4. The highest BCUT2D eigenvalue weighted by Gasteiger charge is 2.24. The lowest BCUT2D eigenvalue weighted by atomic mass is 10.0. The molecule has 0 spiro atoms. The number of carbonyl (C=O) groups excluding carboxylic acids is 2. The van der Waals surface area contributed by atoms with Crippen molar-refractivity contribution in [1.82, 2.24) is 15.5 Å². The van der Waals surface area contributed by atoms with Gasteiger partial charge in [-0.2, -0.15) is 0 Å². The summed E-state index contributed by atoms with van der Waals surface area (Å²) < 4.78 is 0. The first-order valence-electron chi connectivity index (χ1n) is 8.12. The Morgan fingerprint density at radius 3 is 2.67 bits per heavy atom. The van der Waals surface area contributed by atoms with Gasteiger partial charge >= 0.3 is 12.0 Å². The maximum absolute atomic E-state index is 12.4. The lowest BCUT2D eigenvalue weighted by Crippen LogP contribution is -2.52. The van der Waals surface area contributed by atoms with Gasteiger partial charge in [0, 0.05) is 25.7 Å². The predicted octanol–water partition coefficient (Wildman–Crippen LogP) is 0.994. The zero-order chi connectivity index (χ0) is 17.4. The number of nitrogens with zero attached hydrogens (tertiary/aromatic N) is 1. The van der Waals surface area contributed by atoms with Gasteiger partial charge in [-0.25, -0.2) is 4.79 Å². The van der Waals surface area contributed by atoms with Crippen molar-refractivity contribution in [2.24, 2.45) is 0 Å². The second-order valence-corrected chi connectivity index (χ2v) is 5.89. The van der Waals surface area contributed by atoms with Crippen LogP contribution in [0.25, 0.3) is 0 Å². The first kappa shape index (κ1) is 17.8. The van der Waals surface area contributed by atoms with Crippen LogP contribution in [-0.4, -0.2) is 53.6 Å². The monoisotopic (exact) mass is 333 g/mol. The van der Waals surface area contributed by atoms with Crippen molar-refractivity contribution in [1.29, 1.82) is 0 Å². The van der Waals surface area contributed by atoms with Crippen molar-refractivity contribution in [3.05, 3.63) is 35.9 Å². The van der Waals surface area contributed by atoms with E-state index in [0.717, 1.165) is 18.4 Å². The molecule has 7 heteroatoms. The number of benzene rings is 1. The van der Waals surface area contributed by atoms with Crippen LogP contribution in [-0.2, 0) is 16.0 Å². The lowest BCUT2D eigenvalue weighted by molar-refractivity contribution is -0.137. The second kappa shape index (κ2) is 8.90. The quantitative estimate of drug-likeness (QED) is 0.723. The number of aliphatic carboxylic acids is 1. The third-order valence-corrected chi connectivity index (χ3v) is 3.93. The summed E-state index contributed by atoms with van der Waals surface area (Å²) in [6, 6.07) is 9.08. The molecule has 3 N–H and O–H groups in total. The van der Waals surface area contributed by atoms with Crippen LogP contribution in [0.4, 0.5) is 4.79 Å². The van der Waals surface area contributed by atoms with Gasteiger partial charge in [0.2, 0.25) is 5.91 Å². The van der Waals surface area contributed by atoms with Crippen LogP contribution >= 0.6 is 0 Å². The van der Waals surface area contributed by atoms with Gasteiger partial charge in [-0.1, -0.05) is 30.3 Å². The minimum atomic E-state index is -0.953. The van der Waals surface area contributed by atoms with E-state index in [-0.39, 0.29) is 24.9 Å². The molecule has 24 heavy (non-hydrogen) atoms. The molecule has 3 amide bonds. The highest BCUT2D eigenvalue weighted by molar-refractivity contribution is 5.79. The normalized spacial score (nSPS) is 17.2. The highest BCUT2D eigenvalue weighted by atomic mass is 16.4. The van der Waals surface area contributed by atoms with E-state index in [1.54, 1.807) is 4.90 Å². The van der Waals surface area contributed by atoms with E-state index in [1.807, 2.05) is 30.3 Å². The van der Waals surface area contributed by atoms with Gasteiger partial charge in [0.05, 0.1) is 12.8 Å². The molecule has 1 atom stereocenters. The van der Waals surface area contributed by atoms with E-state index in [1.165, 1.54) is 0 Å². The van der Waals surface area contributed by atoms with E-state index in [0.29, 0.717) is 19.5 Å². The van der Waals surface area contributed by atoms with Gasteiger partial charge in [0.1, 0.15) is 0 Å². The van der Waals surface area contributed by atoms with Gasteiger partial charge < -0.3 is 20.6 Å². The van der Waals surface area contributed by atoms with Crippen LogP contribution in [0.5, 0.6) is 0 Å². The van der Waals surface area contributed by atoms with E-state index >= 15 is 0 Å². The Balaban J connectivity index is 1.77. The number of urea groups is 1. The number of carbonyl (C=O) groups is 3. The molecule has 1 heterocycles. The summed E-state index contributed by atoms with van der Waals surface area (Å²) in [4.78, 5) is 36.3. The van der Waals surface area contributed by atoms with Gasteiger partial charge in [0.25, 0.3) is 0 Å². The molecule has 1 unspecified atom stereocenters. The fourth-order valence-electron chi connectivity index (χ4n) is 2.72. The first-order chi connectivity index (χ1) is 11.5. The number of likely N-dealkylation sites (tertiary alicyclic amines) is 1. The molecule has 0 aliphatic carbocycles. The Morgan fingerprint density at radius 2 is 1.96 bits per heavy atom. The number of carboxylic acids is 1. The van der Waals surface area contributed by atoms with Crippen LogP contribution in [0.2, 0.25) is 0 Å². The Morgan fingerprint density at radius 1 is 1.21 bits per heavy atom. The summed E-state index contributed by atoms with van der Waals surface area (Å²) >= 11 is 0. The summed E-state index contributed by atoms with van der Waals surface area (Å²) in [5.74, 6) is -0.898. The van der Waals surface area contributed by atoms with Gasteiger partial charge in [-0.3, -0.25) is 9.59 Å². The fraction of sp³-hybridized carbons (Fsp3) is 0.471. The maximum Gasteiger partial charge on any atom is 0.315 e. The summed E-state index contributed by atoms with van der Waals surface area (Å²) in [7, 11) is 0. The third kappa shape index (κ3) is 5.91. The van der Waals surface area contributed by atoms with Crippen molar-refractivity contribution in [3.8, 4) is 0 Å². The van der Waals surface area contributed by atoms with Crippen LogP contribution < -0.4 is 10.6 Å². The van der Waals surface area contributed by atoms with Crippen LogP contribution in [0.1, 0.15) is 24.8 Å². The van der Waals surface area contributed by atoms with Crippen LogP contribution in [0.15, 0.2) is 30.3 Å². The number of nitrogens with one attached hydrogen (secondary N) is 2. The minimum Gasteiger partial charge on any atom is -0.481 e. The van der Waals surface area contributed by atoms with E-state index < -0.39 is 12.0 Å². The average Bonchev–Trinajstić information content (AvgIpc) is 2.55. The molecule has 0 radical (unpaired) electrons. The van der Waals surface area contributed by atoms with E-state index in [4.69, 9.17) is 5.11 Å². The predicted molar refractivity (Wildman–Crippen MR) is 88.5 cm³/mol. The minimum absolute atomic E-state index is 0.0546. The summed E-state index contributed by atoms with van der Waals surface area (Å²) in [5, 5.41) is 13.9. The molecule has 1 aromatic carbocycles. The summed E-state index contributed by atoms with van der Waals surface area (Å²) in [6.07, 6.45) is 1.89. The number of rotatable bonds is 6. The molecule has 0 saturated carbocycles. The Bertz CT molecular complexity index is 576. The lowest BCUT2D eigenvalue weighted by Gasteiger charge is -2.33. The van der Waals surface area contributed by atoms with E-state index in [9.17, 15) is 14.4 Å². The number of hydrogen-bond acceptors (Lipinski definition) is 3. The topological polar surface area (TPSA) is 98.7 Å². The molecule has 0 bridgehead atoms. The molecule has 0 aromatic heterocycles. The molecular formula is C17H23N3O4. The SMILES string of the molecule is O=C(O)CCNC(=O)NC1CCCN(C(=O)Cc2ccccc2)C1. The molecule has 1 aromatic rings. The number of amides is 3. The summed E-state index contributed by atoms with van der Waals surface area (Å²) in [5.41, 5.74) is 0.976. The van der Waals surface area contributed by atoms with Gasteiger partial charge in [0.15, 0.2) is 0 Å². The average molecular weight is 333 g/mol. The molecular weight excluding hydrogens is 310 g/mol. The van der Waals surface area contributed by atoms with Crippen LogP contribution in [0, 0.1) is 0 Å². The van der Waals surface area contributed by atoms with Crippen molar-refractivity contribution >= 4 is 17.9 Å². The molecule has 1 aliphatic heterocycles. The number of carboxylic acid groups (broad SMARTS) is 1. The summed E-state index contributed by atoms with van der Waals surface area (Å²) in [6.45, 7) is 1.27. The second-order valence-electron chi connectivity index (χ2n) is 5.89. The highest BCUT2D eigenvalue weighted by Crippen LogP contribution is 2.12.